The predicted molar refractivity (Wildman–Crippen MR) is 151 cm³/mol. The third-order valence-electron chi connectivity index (χ3n) is 7.21. The Labute approximate surface area is 241 Å². The topological polar surface area (TPSA) is 120 Å². The average molecular weight is 580 g/mol. The standard InChI is InChI=1S/C28H27Cl2N7O3/c29-20-8-19(9-21(30)10-20)23-5-18(13-36-3-1-17(2-4-36)7-27(38)39)6-26(35-23)40-22-11-31-28(32-12-22)37-14-24-25(15-37)34-16-33-24/h5-6,8-12,16-17H,1-4,7,13-15H2,(H,33,34)(H,38,39). The van der Waals surface area contributed by atoms with E-state index in [0.717, 1.165) is 48.4 Å². The lowest BCUT2D eigenvalue weighted by Crippen LogP contribution is -2.33. The highest BCUT2D eigenvalue weighted by molar-refractivity contribution is 6.35. The predicted octanol–water partition coefficient (Wildman–Crippen LogP) is 5.57. The molecule has 5 heterocycles. The van der Waals surface area contributed by atoms with Crippen molar-refractivity contribution in [2.75, 3.05) is 18.0 Å². The van der Waals surface area contributed by atoms with Crippen LogP contribution in [0.25, 0.3) is 11.3 Å². The van der Waals surface area contributed by atoms with Crippen molar-refractivity contribution in [1.82, 2.24) is 29.8 Å². The van der Waals surface area contributed by atoms with Crippen LogP contribution in [0.15, 0.2) is 49.1 Å². The molecule has 1 aromatic carbocycles. The molecule has 0 amide bonds. The summed E-state index contributed by atoms with van der Waals surface area (Å²) < 4.78 is 6.13. The number of carbonyl (C=O) groups is 1. The van der Waals surface area contributed by atoms with Gasteiger partial charge in [0, 0.05) is 34.6 Å². The van der Waals surface area contributed by atoms with Crippen LogP contribution in [0.2, 0.25) is 10.0 Å². The molecule has 40 heavy (non-hydrogen) atoms. The number of pyridine rings is 1. The highest BCUT2D eigenvalue weighted by Gasteiger charge is 2.24. The van der Waals surface area contributed by atoms with E-state index in [-0.39, 0.29) is 12.3 Å². The van der Waals surface area contributed by atoms with Gasteiger partial charge in [-0.3, -0.25) is 9.69 Å². The number of hydrogen-bond acceptors (Lipinski definition) is 8. The molecule has 0 saturated carbocycles. The molecule has 12 heteroatoms. The number of anilines is 1. The van der Waals surface area contributed by atoms with Gasteiger partial charge in [-0.2, -0.15) is 0 Å². The minimum absolute atomic E-state index is 0.221. The Hall–Kier alpha value is -3.73. The third kappa shape index (κ3) is 6.19. The van der Waals surface area contributed by atoms with Crippen LogP contribution in [-0.4, -0.2) is 54.0 Å². The maximum absolute atomic E-state index is 11.1. The number of fused-ring (bicyclic) bond motifs is 1. The maximum Gasteiger partial charge on any atom is 0.303 e. The first kappa shape index (κ1) is 26.5. The second-order valence-corrected chi connectivity index (χ2v) is 11.1. The van der Waals surface area contributed by atoms with Gasteiger partial charge in [0.2, 0.25) is 11.8 Å². The summed E-state index contributed by atoms with van der Waals surface area (Å²) in [6, 6.07) is 9.23. The van der Waals surface area contributed by atoms with Gasteiger partial charge in [0.1, 0.15) is 0 Å². The summed E-state index contributed by atoms with van der Waals surface area (Å²) in [6.07, 6.45) is 6.93. The van der Waals surface area contributed by atoms with Gasteiger partial charge in [-0.1, -0.05) is 23.2 Å². The van der Waals surface area contributed by atoms with Gasteiger partial charge in [0.15, 0.2) is 5.75 Å². The Kier molecular flexibility index (Phi) is 7.55. The number of halogens is 2. The Bertz CT molecular complexity index is 1480. The largest absolute Gasteiger partial charge is 0.481 e. The van der Waals surface area contributed by atoms with E-state index in [1.807, 2.05) is 29.2 Å². The molecular weight excluding hydrogens is 553 g/mol. The molecule has 0 aliphatic carbocycles. The van der Waals surface area contributed by atoms with Crippen LogP contribution in [0.5, 0.6) is 11.6 Å². The molecule has 10 nitrogen and oxygen atoms in total. The molecule has 1 saturated heterocycles. The Morgan fingerprint density at radius 3 is 2.48 bits per heavy atom. The quantitative estimate of drug-likeness (QED) is 0.276. The van der Waals surface area contributed by atoms with E-state index in [1.54, 1.807) is 24.8 Å². The van der Waals surface area contributed by atoms with E-state index in [1.165, 1.54) is 0 Å². The molecular formula is C28H27Cl2N7O3. The zero-order valence-corrected chi connectivity index (χ0v) is 23.1. The van der Waals surface area contributed by atoms with Gasteiger partial charge in [-0.15, -0.1) is 0 Å². The number of H-pyrrole nitrogens is 1. The Morgan fingerprint density at radius 2 is 1.77 bits per heavy atom. The molecule has 206 valence electrons. The number of rotatable bonds is 8. The van der Waals surface area contributed by atoms with E-state index < -0.39 is 5.97 Å². The highest BCUT2D eigenvalue weighted by Crippen LogP contribution is 2.31. The first-order valence-corrected chi connectivity index (χ1v) is 13.8. The number of nitrogens with one attached hydrogen (secondary N) is 1. The number of benzene rings is 1. The van der Waals surface area contributed by atoms with Gasteiger partial charge in [-0.05, 0) is 61.7 Å². The van der Waals surface area contributed by atoms with E-state index >= 15 is 0 Å². The fourth-order valence-electron chi connectivity index (χ4n) is 5.24. The van der Waals surface area contributed by atoms with Crippen LogP contribution in [0.4, 0.5) is 5.95 Å². The summed E-state index contributed by atoms with van der Waals surface area (Å²) in [4.78, 5) is 36.7. The fraction of sp³-hybridized carbons (Fsp3) is 0.321. The number of aromatic nitrogens is 5. The van der Waals surface area contributed by atoms with Crippen LogP contribution in [0.1, 0.15) is 36.2 Å². The molecule has 2 aliphatic heterocycles. The fourth-order valence-corrected chi connectivity index (χ4v) is 5.77. The van der Waals surface area contributed by atoms with Crippen LogP contribution in [-0.2, 0) is 24.4 Å². The van der Waals surface area contributed by atoms with E-state index in [0.29, 0.717) is 53.0 Å². The average Bonchev–Trinajstić information content (AvgIpc) is 3.52. The molecule has 0 spiro atoms. The number of aromatic amines is 1. The zero-order chi connectivity index (χ0) is 27.6. The van der Waals surface area contributed by atoms with Gasteiger partial charge in [0.25, 0.3) is 0 Å². The molecule has 2 aliphatic rings. The number of aliphatic carboxylic acids is 1. The van der Waals surface area contributed by atoms with Gasteiger partial charge >= 0.3 is 5.97 Å². The number of ether oxygens (including phenoxy) is 1. The first-order chi connectivity index (χ1) is 19.4. The molecule has 4 aromatic rings. The van der Waals surface area contributed by atoms with Crippen molar-refractivity contribution in [2.45, 2.75) is 38.9 Å². The second-order valence-electron chi connectivity index (χ2n) is 10.2. The SMILES string of the molecule is O=C(O)CC1CCN(Cc2cc(Oc3cnc(N4Cc5nc[nH]c5C4)nc3)nc(-c3cc(Cl)cc(Cl)c3)c2)CC1. The van der Waals surface area contributed by atoms with Gasteiger partial charge in [0.05, 0.1) is 48.9 Å². The molecule has 2 N–H and O–H groups in total. The van der Waals surface area contributed by atoms with Gasteiger partial charge < -0.3 is 19.7 Å². The molecule has 0 atom stereocenters. The molecule has 0 radical (unpaired) electrons. The lowest BCUT2D eigenvalue weighted by molar-refractivity contribution is -0.138. The summed E-state index contributed by atoms with van der Waals surface area (Å²) in [5, 5.41) is 10.2. The summed E-state index contributed by atoms with van der Waals surface area (Å²) in [6.45, 7) is 3.68. The Morgan fingerprint density at radius 1 is 1.02 bits per heavy atom. The van der Waals surface area contributed by atoms with Crippen LogP contribution >= 0.6 is 23.2 Å². The van der Waals surface area contributed by atoms with Crippen molar-refractivity contribution >= 4 is 35.1 Å². The lowest BCUT2D eigenvalue weighted by atomic mass is 9.93. The summed E-state index contributed by atoms with van der Waals surface area (Å²) in [5.74, 6) is 0.956. The smallest absolute Gasteiger partial charge is 0.303 e. The van der Waals surface area contributed by atoms with Crippen molar-refractivity contribution in [1.29, 1.82) is 0 Å². The summed E-state index contributed by atoms with van der Waals surface area (Å²) >= 11 is 12.6. The van der Waals surface area contributed by atoms with Crippen molar-refractivity contribution < 1.29 is 14.6 Å². The maximum atomic E-state index is 11.1. The number of likely N-dealkylation sites (tertiary alicyclic amines) is 1. The van der Waals surface area contributed by atoms with Crippen LogP contribution < -0.4 is 9.64 Å². The van der Waals surface area contributed by atoms with E-state index in [2.05, 4.69) is 24.8 Å². The summed E-state index contributed by atoms with van der Waals surface area (Å²) in [7, 11) is 0. The van der Waals surface area contributed by atoms with Crippen LogP contribution in [0.3, 0.4) is 0 Å². The minimum atomic E-state index is -0.733. The van der Waals surface area contributed by atoms with Crippen molar-refractivity contribution in [3.8, 4) is 22.9 Å². The third-order valence-corrected chi connectivity index (χ3v) is 7.65. The highest BCUT2D eigenvalue weighted by atomic mass is 35.5. The Balaban J connectivity index is 1.21. The first-order valence-electron chi connectivity index (χ1n) is 13.1. The zero-order valence-electron chi connectivity index (χ0n) is 21.6. The number of carboxylic acids is 1. The van der Waals surface area contributed by atoms with E-state index in [4.69, 9.17) is 38.0 Å². The normalized spacial score (nSPS) is 15.8. The number of imidazole rings is 1. The monoisotopic (exact) mass is 579 g/mol. The molecule has 0 unspecified atom stereocenters. The van der Waals surface area contributed by atoms with Crippen molar-refractivity contribution in [3.63, 3.8) is 0 Å². The van der Waals surface area contributed by atoms with Crippen molar-refractivity contribution in [3.05, 3.63) is 76.0 Å². The molecule has 3 aromatic heterocycles. The van der Waals surface area contributed by atoms with Gasteiger partial charge in [-0.25, -0.2) is 19.9 Å². The molecule has 1 fully saturated rings. The molecule has 6 rings (SSSR count). The number of hydrogen-bond donors (Lipinski definition) is 2. The van der Waals surface area contributed by atoms with Crippen LogP contribution in [0, 0.1) is 5.92 Å². The number of carboxylic acid groups (broad SMARTS) is 1. The molecule has 0 bridgehead atoms. The van der Waals surface area contributed by atoms with E-state index in [9.17, 15) is 4.79 Å². The number of nitrogens with zero attached hydrogens (tertiary/aromatic N) is 6. The second kappa shape index (κ2) is 11.4. The number of piperidine rings is 1. The lowest BCUT2D eigenvalue weighted by Gasteiger charge is -2.31. The minimum Gasteiger partial charge on any atom is -0.481 e. The van der Waals surface area contributed by atoms with Crippen molar-refractivity contribution in [2.24, 2.45) is 5.92 Å². The summed E-state index contributed by atoms with van der Waals surface area (Å²) in [5.41, 5.74) is 4.55.